The van der Waals surface area contributed by atoms with Gasteiger partial charge in [0, 0.05) is 19.0 Å². The molecule has 0 aliphatic carbocycles. The Morgan fingerprint density at radius 3 is 2.92 bits per heavy atom. The lowest BCUT2D eigenvalue weighted by atomic mass is 9.95. The minimum atomic E-state index is -0.485. The number of hydrogen-bond donors (Lipinski definition) is 3. The summed E-state index contributed by atoms with van der Waals surface area (Å²) in [6.07, 6.45) is 1.11. The van der Waals surface area contributed by atoms with Gasteiger partial charge in [0.1, 0.15) is 0 Å². The molecule has 1 aliphatic heterocycles. The number of fused-ring (bicyclic) bond motifs is 1. The van der Waals surface area contributed by atoms with E-state index in [1.165, 1.54) is 4.57 Å². The first-order chi connectivity index (χ1) is 11.6. The number of aromatic amines is 1. The zero-order chi connectivity index (χ0) is 17.1. The monoisotopic (exact) mass is 330 g/mol. The van der Waals surface area contributed by atoms with Crippen molar-refractivity contribution < 1.29 is 4.79 Å². The van der Waals surface area contributed by atoms with E-state index in [9.17, 15) is 14.4 Å². The zero-order valence-corrected chi connectivity index (χ0v) is 13.7. The molecule has 1 amide bonds. The molecule has 7 heteroatoms. The van der Waals surface area contributed by atoms with Gasteiger partial charge in [-0.15, -0.1) is 0 Å². The molecule has 1 aliphatic rings. The lowest BCUT2D eigenvalue weighted by Gasteiger charge is -2.30. The fourth-order valence-electron chi connectivity index (χ4n) is 3.19. The van der Waals surface area contributed by atoms with Gasteiger partial charge in [-0.3, -0.25) is 19.1 Å². The van der Waals surface area contributed by atoms with E-state index in [1.807, 2.05) is 0 Å². The number of piperidine rings is 1. The lowest BCUT2D eigenvalue weighted by molar-refractivity contribution is -0.122. The second-order valence-electron chi connectivity index (χ2n) is 6.32. The van der Waals surface area contributed by atoms with Crippen LogP contribution < -0.4 is 21.9 Å². The van der Waals surface area contributed by atoms with Crippen LogP contribution in [-0.4, -0.2) is 34.6 Å². The highest BCUT2D eigenvalue weighted by Crippen LogP contribution is 2.11. The first kappa shape index (κ1) is 16.4. The third kappa shape index (κ3) is 3.41. The number of hydrogen-bond acceptors (Lipinski definition) is 4. The molecule has 3 rings (SSSR count). The standard InChI is InChI=1S/C17H22N4O3/c1-11-10-18-8-6-13(11)19-15(22)7-9-21-14-5-3-2-4-12(14)16(23)20-17(21)24/h2-5,11,13,18H,6-10H2,1H3,(H,19,22)(H,20,23,24). The molecule has 2 unspecified atom stereocenters. The van der Waals surface area contributed by atoms with Crippen molar-refractivity contribution in [2.24, 2.45) is 5.92 Å². The Kier molecular flexibility index (Phi) is 4.80. The molecule has 24 heavy (non-hydrogen) atoms. The number of H-pyrrole nitrogens is 1. The summed E-state index contributed by atoms with van der Waals surface area (Å²) in [4.78, 5) is 38.4. The molecule has 3 N–H and O–H groups in total. The number of carbonyl (C=O) groups excluding carboxylic acids is 1. The number of nitrogens with zero attached hydrogens (tertiary/aromatic N) is 1. The summed E-state index contributed by atoms with van der Waals surface area (Å²) < 4.78 is 1.45. The summed E-state index contributed by atoms with van der Waals surface area (Å²) in [6.45, 7) is 4.15. The lowest BCUT2D eigenvalue weighted by Crippen LogP contribution is -2.48. The van der Waals surface area contributed by atoms with E-state index in [1.54, 1.807) is 24.3 Å². The Hall–Kier alpha value is -2.41. The van der Waals surface area contributed by atoms with Crippen molar-refractivity contribution >= 4 is 16.8 Å². The van der Waals surface area contributed by atoms with Gasteiger partial charge in [-0.05, 0) is 37.6 Å². The fourth-order valence-corrected chi connectivity index (χ4v) is 3.19. The average molecular weight is 330 g/mol. The van der Waals surface area contributed by atoms with Crippen LogP contribution >= 0.6 is 0 Å². The highest BCUT2D eigenvalue weighted by molar-refractivity contribution is 5.79. The minimum Gasteiger partial charge on any atom is -0.353 e. The summed E-state index contributed by atoms with van der Waals surface area (Å²) in [5, 5.41) is 6.80. The molecule has 128 valence electrons. The SMILES string of the molecule is CC1CNCCC1NC(=O)CCn1c(=O)[nH]c(=O)c2ccccc21. The van der Waals surface area contributed by atoms with Crippen LogP contribution in [0.1, 0.15) is 19.8 Å². The number of benzene rings is 1. The van der Waals surface area contributed by atoms with Crippen molar-refractivity contribution in [3.8, 4) is 0 Å². The predicted octanol–water partition coefficient (Wildman–Crippen LogP) is 0.194. The summed E-state index contributed by atoms with van der Waals surface area (Å²) >= 11 is 0. The van der Waals surface area contributed by atoms with E-state index in [4.69, 9.17) is 0 Å². The largest absolute Gasteiger partial charge is 0.353 e. The van der Waals surface area contributed by atoms with Crippen LogP contribution in [-0.2, 0) is 11.3 Å². The summed E-state index contributed by atoms with van der Waals surface area (Å²) in [6, 6.07) is 7.08. The number of aryl methyl sites for hydroxylation is 1. The van der Waals surface area contributed by atoms with Gasteiger partial charge < -0.3 is 10.6 Å². The smallest absolute Gasteiger partial charge is 0.328 e. The third-order valence-electron chi connectivity index (χ3n) is 4.60. The maximum atomic E-state index is 12.2. The molecule has 2 aromatic rings. The van der Waals surface area contributed by atoms with Crippen molar-refractivity contribution in [3.63, 3.8) is 0 Å². The molecule has 0 saturated carbocycles. The number of amides is 1. The van der Waals surface area contributed by atoms with Crippen molar-refractivity contribution in [3.05, 3.63) is 45.1 Å². The van der Waals surface area contributed by atoms with Crippen LogP contribution in [0.3, 0.4) is 0 Å². The molecule has 0 radical (unpaired) electrons. The van der Waals surface area contributed by atoms with Crippen LogP contribution in [0.2, 0.25) is 0 Å². The molecule has 2 heterocycles. The number of carbonyl (C=O) groups is 1. The highest BCUT2D eigenvalue weighted by Gasteiger charge is 2.22. The Labute approximate surface area is 139 Å². The molecule has 1 saturated heterocycles. The Morgan fingerprint density at radius 2 is 2.12 bits per heavy atom. The van der Waals surface area contributed by atoms with Gasteiger partial charge in [0.2, 0.25) is 5.91 Å². The number of aromatic nitrogens is 2. The zero-order valence-electron chi connectivity index (χ0n) is 13.7. The molecule has 1 aromatic heterocycles. The molecule has 1 aromatic carbocycles. The summed E-state index contributed by atoms with van der Waals surface area (Å²) in [5.41, 5.74) is -0.337. The maximum Gasteiger partial charge on any atom is 0.328 e. The molecule has 0 spiro atoms. The summed E-state index contributed by atoms with van der Waals surface area (Å²) in [7, 11) is 0. The van der Waals surface area contributed by atoms with Crippen molar-refractivity contribution in [1.29, 1.82) is 0 Å². The van der Waals surface area contributed by atoms with Gasteiger partial charge in [0.05, 0.1) is 10.9 Å². The molecule has 0 bridgehead atoms. The van der Waals surface area contributed by atoms with Crippen molar-refractivity contribution in [2.45, 2.75) is 32.4 Å². The van der Waals surface area contributed by atoms with Gasteiger partial charge >= 0.3 is 5.69 Å². The Balaban J connectivity index is 1.73. The van der Waals surface area contributed by atoms with E-state index in [0.29, 0.717) is 16.8 Å². The highest BCUT2D eigenvalue weighted by atomic mass is 16.2. The minimum absolute atomic E-state index is 0.0732. The van der Waals surface area contributed by atoms with Crippen LogP contribution in [0.5, 0.6) is 0 Å². The van der Waals surface area contributed by atoms with Gasteiger partial charge in [-0.2, -0.15) is 0 Å². The van der Waals surface area contributed by atoms with Crippen LogP contribution in [0.25, 0.3) is 10.9 Å². The van der Waals surface area contributed by atoms with E-state index in [-0.39, 0.29) is 24.9 Å². The number of para-hydroxylation sites is 1. The second kappa shape index (κ2) is 7.00. The van der Waals surface area contributed by atoms with Crippen LogP contribution in [0.15, 0.2) is 33.9 Å². The van der Waals surface area contributed by atoms with Gasteiger partial charge in [-0.1, -0.05) is 19.1 Å². The number of nitrogens with one attached hydrogen (secondary N) is 3. The van der Waals surface area contributed by atoms with Gasteiger partial charge in [-0.25, -0.2) is 4.79 Å². The molecule has 2 atom stereocenters. The first-order valence-electron chi connectivity index (χ1n) is 8.28. The number of rotatable bonds is 4. The predicted molar refractivity (Wildman–Crippen MR) is 92.0 cm³/mol. The second-order valence-corrected chi connectivity index (χ2v) is 6.32. The third-order valence-corrected chi connectivity index (χ3v) is 4.60. The topological polar surface area (TPSA) is 96.0 Å². The molecule has 7 nitrogen and oxygen atoms in total. The first-order valence-corrected chi connectivity index (χ1v) is 8.28. The van der Waals surface area contributed by atoms with Crippen molar-refractivity contribution in [2.75, 3.05) is 13.1 Å². The Morgan fingerprint density at radius 1 is 1.33 bits per heavy atom. The van der Waals surface area contributed by atoms with E-state index < -0.39 is 11.2 Å². The van der Waals surface area contributed by atoms with E-state index >= 15 is 0 Å². The molecular weight excluding hydrogens is 308 g/mol. The van der Waals surface area contributed by atoms with Gasteiger partial charge in [0.15, 0.2) is 0 Å². The van der Waals surface area contributed by atoms with E-state index in [0.717, 1.165) is 19.5 Å². The Bertz CT molecular complexity index is 855. The quantitative estimate of drug-likeness (QED) is 0.746. The average Bonchev–Trinajstić information content (AvgIpc) is 2.57. The van der Waals surface area contributed by atoms with Gasteiger partial charge in [0.25, 0.3) is 5.56 Å². The van der Waals surface area contributed by atoms with Crippen LogP contribution in [0.4, 0.5) is 0 Å². The van der Waals surface area contributed by atoms with Crippen LogP contribution in [0, 0.1) is 5.92 Å². The fraction of sp³-hybridized carbons (Fsp3) is 0.471. The van der Waals surface area contributed by atoms with Crippen molar-refractivity contribution in [1.82, 2.24) is 20.2 Å². The maximum absolute atomic E-state index is 12.2. The summed E-state index contributed by atoms with van der Waals surface area (Å²) in [5.74, 6) is 0.315. The molecule has 1 fully saturated rings. The normalized spacial score (nSPS) is 20.9. The van der Waals surface area contributed by atoms with E-state index in [2.05, 4.69) is 22.5 Å². The molecular formula is C17H22N4O3.